The number of carbonyl (C=O) groups is 1. The van der Waals surface area contributed by atoms with Crippen LogP contribution in [-0.4, -0.2) is 28.6 Å². The van der Waals surface area contributed by atoms with Crippen molar-refractivity contribution < 1.29 is 9.53 Å². The molecule has 0 aliphatic rings. The Balaban J connectivity index is 1.82. The van der Waals surface area contributed by atoms with Crippen molar-refractivity contribution in [1.29, 1.82) is 0 Å². The number of carbonyl (C=O) groups excluding carboxylic acids is 1. The first kappa shape index (κ1) is 16.7. The van der Waals surface area contributed by atoms with Crippen molar-refractivity contribution in [2.24, 2.45) is 0 Å². The quantitative estimate of drug-likeness (QED) is 0.748. The van der Waals surface area contributed by atoms with E-state index >= 15 is 0 Å². The first-order chi connectivity index (χ1) is 12.2. The third-order valence-electron chi connectivity index (χ3n) is 3.85. The van der Waals surface area contributed by atoms with E-state index < -0.39 is 0 Å². The zero-order chi connectivity index (χ0) is 17.6. The summed E-state index contributed by atoms with van der Waals surface area (Å²) in [5, 5.41) is 4.67. The van der Waals surface area contributed by atoms with Crippen LogP contribution in [0.2, 0.25) is 0 Å². The monoisotopic (exact) mass is 337 g/mol. The van der Waals surface area contributed by atoms with Crippen LogP contribution in [0.5, 0.6) is 5.75 Å². The van der Waals surface area contributed by atoms with Crippen LogP contribution in [0.15, 0.2) is 59.8 Å². The van der Waals surface area contributed by atoms with Gasteiger partial charge in [0.1, 0.15) is 5.75 Å². The predicted octanol–water partition coefficient (Wildman–Crippen LogP) is 2.23. The SMILES string of the molecule is CCOc1ccc2ccccc2c1C(=O)NCCn1cnccc1=O. The van der Waals surface area contributed by atoms with Gasteiger partial charge in [0.15, 0.2) is 0 Å². The second-order valence-corrected chi connectivity index (χ2v) is 5.46. The molecule has 0 saturated carbocycles. The molecule has 3 rings (SSSR count). The van der Waals surface area contributed by atoms with E-state index in [9.17, 15) is 9.59 Å². The van der Waals surface area contributed by atoms with Gasteiger partial charge in [-0.05, 0) is 23.8 Å². The van der Waals surface area contributed by atoms with Crippen LogP contribution in [0.1, 0.15) is 17.3 Å². The average Bonchev–Trinajstić information content (AvgIpc) is 2.63. The van der Waals surface area contributed by atoms with Crippen LogP contribution < -0.4 is 15.6 Å². The van der Waals surface area contributed by atoms with Gasteiger partial charge in [0.25, 0.3) is 11.5 Å². The summed E-state index contributed by atoms with van der Waals surface area (Å²) in [7, 11) is 0. The Kier molecular flexibility index (Phi) is 5.09. The lowest BCUT2D eigenvalue weighted by atomic mass is 10.0. The third kappa shape index (κ3) is 3.68. The van der Waals surface area contributed by atoms with Gasteiger partial charge >= 0.3 is 0 Å². The van der Waals surface area contributed by atoms with Crippen molar-refractivity contribution in [2.75, 3.05) is 13.2 Å². The van der Waals surface area contributed by atoms with Crippen molar-refractivity contribution >= 4 is 16.7 Å². The molecule has 0 unspecified atom stereocenters. The maximum atomic E-state index is 12.7. The second-order valence-electron chi connectivity index (χ2n) is 5.46. The fraction of sp³-hybridized carbons (Fsp3) is 0.211. The molecule has 0 fully saturated rings. The van der Waals surface area contributed by atoms with Gasteiger partial charge in [0, 0.05) is 25.4 Å². The smallest absolute Gasteiger partial charge is 0.255 e. The highest BCUT2D eigenvalue weighted by Crippen LogP contribution is 2.28. The fourth-order valence-electron chi connectivity index (χ4n) is 2.69. The summed E-state index contributed by atoms with van der Waals surface area (Å²) in [4.78, 5) is 28.3. The van der Waals surface area contributed by atoms with Crippen LogP contribution in [0.3, 0.4) is 0 Å². The number of nitrogens with zero attached hydrogens (tertiary/aromatic N) is 2. The third-order valence-corrected chi connectivity index (χ3v) is 3.85. The van der Waals surface area contributed by atoms with Crippen LogP contribution in [-0.2, 0) is 6.54 Å². The molecule has 25 heavy (non-hydrogen) atoms. The molecular formula is C19H19N3O3. The number of hydrogen-bond donors (Lipinski definition) is 1. The highest BCUT2D eigenvalue weighted by atomic mass is 16.5. The molecule has 0 spiro atoms. The number of amides is 1. The van der Waals surface area contributed by atoms with E-state index in [-0.39, 0.29) is 11.5 Å². The van der Waals surface area contributed by atoms with Crippen molar-refractivity contribution in [2.45, 2.75) is 13.5 Å². The van der Waals surface area contributed by atoms with Gasteiger partial charge in [-0.25, -0.2) is 4.98 Å². The summed E-state index contributed by atoms with van der Waals surface area (Å²) >= 11 is 0. The van der Waals surface area contributed by atoms with E-state index in [1.807, 2.05) is 43.3 Å². The molecule has 0 aliphatic carbocycles. The molecule has 3 aromatic rings. The summed E-state index contributed by atoms with van der Waals surface area (Å²) in [5.41, 5.74) is 0.364. The minimum atomic E-state index is -0.225. The summed E-state index contributed by atoms with van der Waals surface area (Å²) in [6.07, 6.45) is 2.90. The average molecular weight is 337 g/mol. The maximum absolute atomic E-state index is 12.7. The summed E-state index contributed by atoms with van der Waals surface area (Å²) in [5.74, 6) is 0.328. The van der Waals surface area contributed by atoms with E-state index in [4.69, 9.17) is 4.74 Å². The van der Waals surface area contributed by atoms with Crippen molar-refractivity contribution in [3.8, 4) is 5.75 Å². The van der Waals surface area contributed by atoms with Crippen LogP contribution >= 0.6 is 0 Å². The van der Waals surface area contributed by atoms with Gasteiger partial charge in [0.05, 0.1) is 18.5 Å². The lowest BCUT2D eigenvalue weighted by molar-refractivity contribution is 0.0950. The van der Waals surface area contributed by atoms with Crippen LogP contribution in [0.25, 0.3) is 10.8 Å². The molecule has 6 heteroatoms. The molecule has 1 N–H and O–H groups in total. The molecule has 1 aromatic heterocycles. The van der Waals surface area contributed by atoms with Crippen molar-refractivity contribution in [1.82, 2.24) is 14.9 Å². The molecule has 0 bridgehead atoms. The first-order valence-electron chi connectivity index (χ1n) is 8.14. The van der Waals surface area contributed by atoms with E-state index in [0.29, 0.717) is 31.0 Å². The second kappa shape index (κ2) is 7.61. The predicted molar refractivity (Wildman–Crippen MR) is 95.9 cm³/mol. The van der Waals surface area contributed by atoms with Gasteiger partial charge < -0.3 is 10.1 Å². The normalized spacial score (nSPS) is 10.6. The van der Waals surface area contributed by atoms with E-state index in [1.54, 1.807) is 0 Å². The highest BCUT2D eigenvalue weighted by molar-refractivity contribution is 6.09. The largest absolute Gasteiger partial charge is 0.493 e. The Morgan fingerprint density at radius 1 is 1.20 bits per heavy atom. The summed E-state index contributed by atoms with van der Waals surface area (Å²) in [6.45, 7) is 3.03. The number of hydrogen-bond acceptors (Lipinski definition) is 4. The number of rotatable bonds is 6. The van der Waals surface area contributed by atoms with Crippen LogP contribution in [0.4, 0.5) is 0 Å². The van der Waals surface area contributed by atoms with Crippen molar-refractivity contribution in [3.05, 3.63) is 70.9 Å². The van der Waals surface area contributed by atoms with Crippen molar-refractivity contribution in [3.63, 3.8) is 0 Å². The summed E-state index contributed by atoms with van der Waals surface area (Å²) < 4.78 is 7.08. The number of nitrogens with one attached hydrogen (secondary N) is 1. The lowest BCUT2D eigenvalue weighted by Gasteiger charge is -2.14. The summed E-state index contributed by atoms with van der Waals surface area (Å²) in [6, 6.07) is 12.8. The van der Waals surface area contributed by atoms with E-state index in [1.165, 1.54) is 23.2 Å². The molecule has 6 nitrogen and oxygen atoms in total. The molecule has 1 heterocycles. The standard InChI is InChI=1S/C19H19N3O3/c1-2-25-16-8-7-14-5-3-4-6-15(14)18(16)19(24)21-11-12-22-13-20-10-9-17(22)23/h3-10,13H,2,11-12H2,1H3,(H,21,24). The molecule has 0 radical (unpaired) electrons. The maximum Gasteiger partial charge on any atom is 0.255 e. The van der Waals surface area contributed by atoms with Gasteiger partial charge in [0.2, 0.25) is 0 Å². The van der Waals surface area contributed by atoms with Crippen LogP contribution in [0, 0.1) is 0 Å². The number of ether oxygens (including phenoxy) is 1. The Morgan fingerprint density at radius 3 is 2.84 bits per heavy atom. The Bertz CT molecular complexity index is 950. The van der Waals surface area contributed by atoms with E-state index in [2.05, 4.69) is 10.3 Å². The lowest BCUT2D eigenvalue weighted by Crippen LogP contribution is -2.31. The first-order valence-corrected chi connectivity index (χ1v) is 8.14. The zero-order valence-corrected chi connectivity index (χ0v) is 13.9. The van der Waals surface area contributed by atoms with Gasteiger partial charge in [-0.3, -0.25) is 14.2 Å². The minimum Gasteiger partial charge on any atom is -0.493 e. The molecule has 0 aliphatic heterocycles. The molecule has 1 amide bonds. The molecule has 128 valence electrons. The minimum absolute atomic E-state index is 0.149. The van der Waals surface area contributed by atoms with E-state index in [0.717, 1.165) is 10.8 Å². The Hall–Kier alpha value is -3.15. The molecule has 0 saturated heterocycles. The highest BCUT2D eigenvalue weighted by Gasteiger charge is 2.16. The molecule has 0 atom stereocenters. The fourth-order valence-corrected chi connectivity index (χ4v) is 2.69. The number of benzene rings is 2. The number of aromatic nitrogens is 2. The zero-order valence-electron chi connectivity index (χ0n) is 13.9. The van der Waals surface area contributed by atoms with Gasteiger partial charge in [-0.15, -0.1) is 0 Å². The Morgan fingerprint density at radius 2 is 2.04 bits per heavy atom. The Labute approximate surface area is 145 Å². The molecule has 2 aromatic carbocycles. The number of fused-ring (bicyclic) bond motifs is 1. The molecular weight excluding hydrogens is 318 g/mol. The topological polar surface area (TPSA) is 73.2 Å². The van der Waals surface area contributed by atoms with Gasteiger partial charge in [-0.2, -0.15) is 0 Å². The van der Waals surface area contributed by atoms with Gasteiger partial charge in [-0.1, -0.05) is 30.3 Å².